The maximum atomic E-state index is 5.28. The lowest BCUT2D eigenvalue weighted by molar-refractivity contribution is 0.403. The van der Waals surface area contributed by atoms with E-state index in [9.17, 15) is 0 Å². The topological polar surface area (TPSA) is 48.5 Å². The largest absolute Gasteiger partial charge is 0.309 e. The lowest BCUT2D eigenvalue weighted by Gasteiger charge is -2.22. The molecule has 11 rings (SSSR count). The van der Waals surface area contributed by atoms with Crippen LogP contribution in [0.25, 0.3) is 89.2 Å². The van der Waals surface area contributed by atoms with E-state index in [1.807, 2.05) is 24.3 Å². The lowest BCUT2D eigenvalue weighted by atomic mass is 9.82. The Balaban J connectivity index is 1.17. The molecule has 0 radical (unpaired) electrons. The standard InChI is InChI=1S/C52H41N5/c1-51(2)32-52(3,4)43-29-37(27-28-42(43)51)56-44-21-13-11-19-38(44)40-30-41-39-20-12-14-22-45(39)57(47(41)31-46(40)56)50-54-48(35-17-9-6-10-18-35)53-49(55-50)36-25-23-34(24-26-36)33-15-7-5-8-16-33/h5-31H,32H2,1-4H3. The molecule has 0 bridgehead atoms. The fourth-order valence-electron chi connectivity index (χ4n) is 9.79. The zero-order chi connectivity index (χ0) is 38.5. The third-order valence-electron chi connectivity index (χ3n) is 12.2. The Morgan fingerprint density at radius 1 is 0.386 bits per heavy atom. The monoisotopic (exact) mass is 735 g/mol. The van der Waals surface area contributed by atoms with Crippen molar-refractivity contribution in [1.82, 2.24) is 24.1 Å². The van der Waals surface area contributed by atoms with Gasteiger partial charge in [0.05, 0.1) is 22.1 Å². The molecule has 5 heteroatoms. The predicted octanol–water partition coefficient (Wildman–Crippen LogP) is 13.0. The Labute approximate surface area is 331 Å². The third kappa shape index (κ3) is 5.26. The van der Waals surface area contributed by atoms with E-state index in [-0.39, 0.29) is 10.8 Å². The Hall–Kier alpha value is -6.85. The highest BCUT2D eigenvalue weighted by atomic mass is 15.2. The SMILES string of the molecule is CC1(C)CC(C)(C)c2cc(-n3c4ccccc4c4cc5c6ccccc6n(-c6nc(-c7ccccc7)nc(-c7ccc(-c8ccccc8)cc7)n6)c5cc43)ccc21. The first-order valence-electron chi connectivity index (χ1n) is 19.8. The van der Waals surface area contributed by atoms with Crippen LogP contribution in [0.15, 0.2) is 164 Å². The minimum atomic E-state index is 0.0853. The van der Waals surface area contributed by atoms with Crippen LogP contribution < -0.4 is 0 Å². The number of rotatable bonds is 5. The summed E-state index contributed by atoms with van der Waals surface area (Å²) in [6.07, 6.45) is 1.13. The Kier molecular flexibility index (Phi) is 7.24. The molecule has 1 aliphatic carbocycles. The highest BCUT2D eigenvalue weighted by Crippen LogP contribution is 2.50. The number of benzene rings is 7. The minimum Gasteiger partial charge on any atom is -0.309 e. The van der Waals surface area contributed by atoms with Crippen LogP contribution in [0.4, 0.5) is 0 Å². The Morgan fingerprint density at radius 3 is 1.53 bits per heavy atom. The predicted molar refractivity (Wildman–Crippen MR) is 235 cm³/mol. The molecule has 1 aliphatic rings. The molecule has 0 N–H and O–H groups in total. The summed E-state index contributed by atoms with van der Waals surface area (Å²) in [5, 5.41) is 4.77. The van der Waals surface area contributed by atoms with Gasteiger partial charge in [-0.1, -0.05) is 155 Å². The average molecular weight is 736 g/mol. The van der Waals surface area contributed by atoms with Crippen LogP contribution >= 0.6 is 0 Å². The number of aromatic nitrogens is 5. The quantitative estimate of drug-likeness (QED) is 0.177. The van der Waals surface area contributed by atoms with Gasteiger partial charge in [-0.05, 0) is 75.9 Å². The van der Waals surface area contributed by atoms with Crippen molar-refractivity contribution in [3.8, 4) is 45.5 Å². The highest BCUT2D eigenvalue weighted by Gasteiger charge is 2.42. The Bertz CT molecular complexity index is 3190. The van der Waals surface area contributed by atoms with Gasteiger partial charge in [-0.25, -0.2) is 4.98 Å². The molecule has 7 aromatic carbocycles. The summed E-state index contributed by atoms with van der Waals surface area (Å²) < 4.78 is 4.69. The molecule has 0 aliphatic heterocycles. The molecule has 10 aromatic rings. The summed E-state index contributed by atoms with van der Waals surface area (Å²) in [6.45, 7) is 9.54. The van der Waals surface area contributed by atoms with Gasteiger partial charge in [0.15, 0.2) is 11.6 Å². The van der Waals surface area contributed by atoms with E-state index in [0.29, 0.717) is 17.6 Å². The van der Waals surface area contributed by atoms with Crippen molar-refractivity contribution in [2.45, 2.75) is 44.9 Å². The van der Waals surface area contributed by atoms with Crippen LogP contribution in [0.2, 0.25) is 0 Å². The molecule has 0 unspecified atom stereocenters. The van der Waals surface area contributed by atoms with E-state index in [0.717, 1.165) is 50.4 Å². The maximum absolute atomic E-state index is 5.28. The number of para-hydroxylation sites is 2. The first-order valence-corrected chi connectivity index (χ1v) is 19.8. The minimum absolute atomic E-state index is 0.0853. The van der Waals surface area contributed by atoms with Crippen molar-refractivity contribution in [2.24, 2.45) is 0 Å². The molecular weight excluding hydrogens is 695 g/mol. The molecule has 0 saturated heterocycles. The van der Waals surface area contributed by atoms with Crippen LogP contribution in [-0.2, 0) is 10.8 Å². The van der Waals surface area contributed by atoms with Crippen molar-refractivity contribution in [2.75, 3.05) is 0 Å². The van der Waals surface area contributed by atoms with Crippen molar-refractivity contribution >= 4 is 43.6 Å². The van der Waals surface area contributed by atoms with Gasteiger partial charge in [0.2, 0.25) is 5.95 Å². The zero-order valence-electron chi connectivity index (χ0n) is 32.5. The first-order chi connectivity index (χ1) is 27.7. The molecule has 0 fully saturated rings. The number of hydrogen-bond acceptors (Lipinski definition) is 3. The molecule has 3 heterocycles. The summed E-state index contributed by atoms with van der Waals surface area (Å²) in [5.41, 5.74) is 12.9. The Morgan fingerprint density at radius 2 is 0.877 bits per heavy atom. The summed E-state index contributed by atoms with van der Waals surface area (Å²) in [6, 6.07) is 58.5. The second kappa shape index (κ2) is 12.3. The van der Waals surface area contributed by atoms with Crippen LogP contribution in [0.3, 0.4) is 0 Å². The van der Waals surface area contributed by atoms with Gasteiger partial charge in [-0.15, -0.1) is 0 Å². The van der Waals surface area contributed by atoms with Crippen molar-refractivity contribution in [1.29, 1.82) is 0 Å². The van der Waals surface area contributed by atoms with E-state index in [4.69, 9.17) is 15.0 Å². The van der Waals surface area contributed by atoms with Crippen molar-refractivity contribution < 1.29 is 0 Å². The molecule has 0 spiro atoms. The highest BCUT2D eigenvalue weighted by molar-refractivity contribution is 6.19. The van der Waals surface area contributed by atoms with Gasteiger partial charge in [0.1, 0.15) is 0 Å². The fraction of sp³-hybridized carbons (Fsp3) is 0.135. The van der Waals surface area contributed by atoms with E-state index in [1.54, 1.807) is 0 Å². The van der Waals surface area contributed by atoms with E-state index >= 15 is 0 Å². The second-order valence-electron chi connectivity index (χ2n) is 16.9. The van der Waals surface area contributed by atoms with E-state index in [1.165, 1.54) is 38.7 Å². The zero-order valence-corrected chi connectivity index (χ0v) is 32.5. The molecular formula is C52H41N5. The molecule has 0 amide bonds. The summed E-state index contributed by atoms with van der Waals surface area (Å²) in [4.78, 5) is 15.6. The summed E-state index contributed by atoms with van der Waals surface area (Å²) in [7, 11) is 0. The summed E-state index contributed by atoms with van der Waals surface area (Å²) in [5.74, 6) is 1.84. The number of fused-ring (bicyclic) bond motifs is 7. The number of hydrogen-bond donors (Lipinski definition) is 0. The van der Waals surface area contributed by atoms with Crippen molar-refractivity contribution in [3.05, 3.63) is 175 Å². The third-order valence-corrected chi connectivity index (χ3v) is 12.2. The molecule has 5 nitrogen and oxygen atoms in total. The van der Waals surface area contributed by atoms with Crippen LogP contribution in [0, 0.1) is 0 Å². The smallest absolute Gasteiger partial charge is 0.238 e. The van der Waals surface area contributed by atoms with Gasteiger partial charge in [-0.2, -0.15) is 9.97 Å². The molecule has 274 valence electrons. The van der Waals surface area contributed by atoms with Crippen LogP contribution in [-0.4, -0.2) is 24.1 Å². The van der Waals surface area contributed by atoms with Crippen LogP contribution in [0.5, 0.6) is 0 Å². The number of nitrogens with zero attached hydrogens (tertiary/aromatic N) is 5. The molecule has 0 saturated carbocycles. The van der Waals surface area contributed by atoms with Gasteiger partial charge in [-0.3, -0.25) is 4.57 Å². The first kappa shape index (κ1) is 33.5. The second-order valence-corrected chi connectivity index (χ2v) is 16.9. The van der Waals surface area contributed by atoms with Crippen LogP contribution in [0.1, 0.15) is 45.2 Å². The molecule has 3 aromatic heterocycles. The lowest BCUT2D eigenvalue weighted by Crippen LogP contribution is -2.18. The summed E-state index contributed by atoms with van der Waals surface area (Å²) >= 11 is 0. The molecule has 57 heavy (non-hydrogen) atoms. The molecule has 0 atom stereocenters. The van der Waals surface area contributed by atoms with Gasteiger partial charge < -0.3 is 4.57 Å². The van der Waals surface area contributed by atoms with Crippen molar-refractivity contribution in [3.63, 3.8) is 0 Å². The normalized spacial score (nSPS) is 14.5. The average Bonchev–Trinajstić information content (AvgIpc) is 3.81. The van der Waals surface area contributed by atoms with Gasteiger partial charge in [0, 0.05) is 38.4 Å². The van der Waals surface area contributed by atoms with E-state index in [2.05, 4.69) is 176 Å². The van der Waals surface area contributed by atoms with E-state index < -0.39 is 0 Å². The van der Waals surface area contributed by atoms with Gasteiger partial charge >= 0.3 is 0 Å². The van der Waals surface area contributed by atoms with Gasteiger partial charge in [0.25, 0.3) is 0 Å². The fourth-order valence-corrected chi connectivity index (χ4v) is 9.79. The maximum Gasteiger partial charge on any atom is 0.238 e.